The number of nitrogens with one attached hydrogen (secondary N) is 1. The maximum atomic E-state index is 12.2. The monoisotopic (exact) mass is 292 g/mol. The molecule has 1 aromatic carbocycles. The van der Waals surface area contributed by atoms with Crippen LogP contribution in [0.15, 0.2) is 42.6 Å². The van der Waals surface area contributed by atoms with E-state index in [1.165, 1.54) is 12.8 Å². The van der Waals surface area contributed by atoms with Gasteiger partial charge in [-0.05, 0) is 43.2 Å². The van der Waals surface area contributed by atoms with Gasteiger partial charge in [0.05, 0.1) is 23.5 Å². The lowest BCUT2D eigenvalue weighted by Crippen LogP contribution is -2.19. The molecular weight excluding hydrogens is 276 g/mol. The van der Waals surface area contributed by atoms with Crippen LogP contribution in [0, 0.1) is 11.3 Å². The van der Waals surface area contributed by atoms with Crippen LogP contribution in [0.5, 0.6) is 0 Å². The highest BCUT2D eigenvalue weighted by atomic mass is 16.1. The minimum absolute atomic E-state index is 0.275. The molecule has 1 amide bonds. The fraction of sp³-hybridized carbons (Fsp3) is 0.235. The molecule has 22 heavy (non-hydrogen) atoms. The number of nitriles is 1. The van der Waals surface area contributed by atoms with Crippen LogP contribution >= 0.6 is 0 Å². The van der Waals surface area contributed by atoms with Crippen LogP contribution in [0.2, 0.25) is 0 Å². The van der Waals surface area contributed by atoms with Crippen molar-refractivity contribution in [2.45, 2.75) is 12.8 Å². The van der Waals surface area contributed by atoms with Crippen LogP contribution in [0.4, 0.5) is 11.4 Å². The van der Waals surface area contributed by atoms with E-state index in [1.807, 2.05) is 12.1 Å². The van der Waals surface area contributed by atoms with Gasteiger partial charge < -0.3 is 10.2 Å². The van der Waals surface area contributed by atoms with Crippen molar-refractivity contribution in [3.63, 3.8) is 0 Å². The Morgan fingerprint density at radius 3 is 2.73 bits per heavy atom. The van der Waals surface area contributed by atoms with E-state index in [9.17, 15) is 4.79 Å². The molecule has 0 bridgehead atoms. The highest BCUT2D eigenvalue weighted by molar-refractivity contribution is 6.03. The lowest BCUT2D eigenvalue weighted by atomic mass is 10.2. The largest absolute Gasteiger partial charge is 0.370 e. The molecule has 2 aromatic rings. The molecule has 1 aliphatic heterocycles. The third-order valence-corrected chi connectivity index (χ3v) is 3.70. The highest BCUT2D eigenvalue weighted by Gasteiger charge is 2.14. The Hall–Kier alpha value is -2.87. The summed E-state index contributed by atoms with van der Waals surface area (Å²) in [5, 5.41) is 11.6. The molecule has 3 rings (SSSR count). The van der Waals surface area contributed by atoms with Crippen molar-refractivity contribution < 1.29 is 4.79 Å². The summed E-state index contributed by atoms with van der Waals surface area (Å²) in [5.74, 6) is -0.275. The summed E-state index contributed by atoms with van der Waals surface area (Å²) < 4.78 is 0. The van der Waals surface area contributed by atoms with Gasteiger partial charge in [-0.3, -0.25) is 4.79 Å². The fourth-order valence-corrected chi connectivity index (χ4v) is 2.54. The van der Waals surface area contributed by atoms with Crippen molar-refractivity contribution in [1.29, 1.82) is 5.26 Å². The summed E-state index contributed by atoms with van der Waals surface area (Å²) in [6.45, 7) is 2.10. The van der Waals surface area contributed by atoms with Crippen molar-refractivity contribution >= 4 is 17.3 Å². The van der Waals surface area contributed by atoms with Crippen LogP contribution < -0.4 is 10.2 Å². The topological polar surface area (TPSA) is 69.0 Å². The van der Waals surface area contributed by atoms with Gasteiger partial charge in [0.25, 0.3) is 5.91 Å². The zero-order chi connectivity index (χ0) is 15.4. The number of nitrogens with zero attached hydrogens (tertiary/aromatic N) is 3. The lowest BCUT2D eigenvalue weighted by Gasteiger charge is -2.16. The molecule has 1 aliphatic rings. The number of hydrogen-bond donors (Lipinski definition) is 1. The molecule has 0 atom stereocenters. The average molecular weight is 292 g/mol. The molecule has 0 saturated carbocycles. The molecule has 0 aliphatic carbocycles. The van der Waals surface area contributed by atoms with Gasteiger partial charge in [-0.15, -0.1) is 0 Å². The predicted octanol–water partition coefficient (Wildman–Crippen LogP) is 2.81. The first-order valence-corrected chi connectivity index (χ1v) is 7.29. The van der Waals surface area contributed by atoms with Crippen LogP contribution in [0.25, 0.3) is 0 Å². The zero-order valence-corrected chi connectivity index (χ0v) is 12.1. The van der Waals surface area contributed by atoms with E-state index in [0.29, 0.717) is 16.9 Å². The summed E-state index contributed by atoms with van der Waals surface area (Å²) in [6, 6.07) is 12.5. The number of anilines is 2. The summed E-state index contributed by atoms with van der Waals surface area (Å²) in [5.41, 5.74) is 2.52. The molecule has 110 valence electrons. The molecule has 0 radical (unpaired) electrons. The third kappa shape index (κ3) is 3.07. The van der Waals surface area contributed by atoms with Crippen LogP contribution in [-0.4, -0.2) is 24.0 Å². The summed E-state index contributed by atoms with van der Waals surface area (Å²) in [4.78, 5) is 18.7. The Kier molecular flexibility index (Phi) is 4.01. The first kappa shape index (κ1) is 14.1. The molecule has 2 heterocycles. The van der Waals surface area contributed by atoms with Gasteiger partial charge in [-0.2, -0.15) is 5.26 Å². The second kappa shape index (κ2) is 6.27. The van der Waals surface area contributed by atoms with E-state index >= 15 is 0 Å². The van der Waals surface area contributed by atoms with E-state index < -0.39 is 0 Å². The molecule has 1 saturated heterocycles. The van der Waals surface area contributed by atoms with Crippen molar-refractivity contribution in [2.75, 3.05) is 23.3 Å². The second-order valence-corrected chi connectivity index (χ2v) is 5.24. The maximum Gasteiger partial charge on any atom is 0.274 e. The van der Waals surface area contributed by atoms with Gasteiger partial charge in [0, 0.05) is 18.8 Å². The highest BCUT2D eigenvalue weighted by Crippen LogP contribution is 2.19. The molecule has 1 aromatic heterocycles. The number of amides is 1. The number of aromatic nitrogens is 1. The maximum absolute atomic E-state index is 12.2. The average Bonchev–Trinajstić information content (AvgIpc) is 3.09. The number of carbonyl (C=O) groups is 1. The number of hydrogen-bond acceptors (Lipinski definition) is 4. The number of pyridine rings is 1. The predicted molar refractivity (Wildman–Crippen MR) is 84.8 cm³/mol. The van der Waals surface area contributed by atoms with Crippen molar-refractivity contribution in [2.24, 2.45) is 0 Å². The molecule has 5 nitrogen and oxygen atoms in total. The van der Waals surface area contributed by atoms with E-state index in [4.69, 9.17) is 5.26 Å². The van der Waals surface area contributed by atoms with E-state index in [-0.39, 0.29) is 5.91 Å². The van der Waals surface area contributed by atoms with Gasteiger partial charge in [0.15, 0.2) is 0 Å². The van der Waals surface area contributed by atoms with Crippen LogP contribution in [0.1, 0.15) is 28.9 Å². The minimum Gasteiger partial charge on any atom is -0.370 e. The molecule has 5 heteroatoms. The quantitative estimate of drug-likeness (QED) is 0.944. The lowest BCUT2D eigenvalue weighted by molar-refractivity contribution is 0.102. The van der Waals surface area contributed by atoms with E-state index in [0.717, 1.165) is 18.8 Å². The van der Waals surface area contributed by atoms with Crippen molar-refractivity contribution in [3.05, 3.63) is 53.9 Å². The number of rotatable bonds is 3. The first-order chi connectivity index (χ1) is 10.8. The molecule has 0 spiro atoms. The Labute approximate surface area is 129 Å². The van der Waals surface area contributed by atoms with Gasteiger partial charge in [0.1, 0.15) is 5.69 Å². The van der Waals surface area contributed by atoms with E-state index in [2.05, 4.69) is 15.2 Å². The van der Waals surface area contributed by atoms with Gasteiger partial charge >= 0.3 is 0 Å². The Morgan fingerprint density at radius 2 is 2.05 bits per heavy atom. The van der Waals surface area contributed by atoms with Crippen LogP contribution in [0.3, 0.4) is 0 Å². The SMILES string of the molecule is N#Cc1cccc(NC(=O)c2ccc(N3CCCC3)cn2)c1. The normalized spacial score (nSPS) is 13.7. The minimum atomic E-state index is -0.275. The summed E-state index contributed by atoms with van der Waals surface area (Å²) in [6.07, 6.45) is 4.15. The van der Waals surface area contributed by atoms with Gasteiger partial charge in [0.2, 0.25) is 0 Å². The standard InChI is InChI=1S/C17H16N4O/c18-11-13-4-3-5-14(10-13)20-17(22)16-7-6-15(12-19-16)21-8-1-2-9-21/h3-7,10,12H,1-2,8-9H2,(H,20,22). The Balaban J connectivity index is 1.70. The van der Waals surface area contributed by atoms with Crippen molar-refractivity contribution in [3.8, 4) is 6.07 Å². The van der Waals surface area contributed by atoms with Crippen LogP contribution in [-0.2, 0) is 0 Å². The summed E-state index contributed by atoms with van der Waals surface area (Å²) >= 11 is 0. The van der Waals surface area contributed by atoms with E-state index in [1.54, 1.807) is 36.5 Å². The number of carbonyl (C=O) groups excluding carboxylic acids is 1. The third-order valence-electron chi connectivity index (χ3n) is 3.70. The number of benzene rings is 1. The van der Waals surface area contributed by atoms with Crippen molar-refractivity contribution in [1.82, 2.24) is 4.98 Å². The molecular formula is C17H16N4O. The molecule has 0 unspecified atom stereocenters. The van der Waals surface area contributed by atoms with Gasteiger partial charge in [-0.25, -0.2) is 4.98 Å². The van der Waals surface area contributed by atoms with Gasteiger partial charge in [-0.1, -0.05) is 6.07 Å². The molecule has 1 fully saturated rings. The Morgan fingerprint density at radius 1 is 1.23 bits per heavy atom. The smallest absolute Gasteiger partial charge is 0.274 e. The first-order valence-electron chi connectivity index (χ1n) is 7.29. The Bertz CT molecular complexity index is 712. The molecule has 1 N–H and O–H groups in total. The second-order valence-electron chi connectivity index (χ2n) is 5.24. The summed E-state index contributed by atoms with van der Waals surface area (Å²) in [7, 11) is 0. The zero-order valence-electron chi connectivity index (χ0n) is 12.1. The fourth-order valence-electron chi connectivity index (χ4n) is 2.54.